The van der Waals surface area contributed by atoms with Gasteiger partial charge in [-0.1, -0.05) is 45.7 Å². The van der Waals surface area contributed by atoms with E-state index in [1.165, 1.54) is 11.6 Å². The first-order chi connectivity index (χ1) is 9.60. The van der Waals surface area contributed by atoms with Gasteiger partial charge in [0.05, 0.1) is 0 Å². The Bertz CT molecular complexity index is 571. The molecule has 20 heavy (non-hydrogen) atoms. The molecule has 0 fully saturated rings. The van der Waals surface area contributed by atoms with Gasteiger partial charge >= 0.3 is 0 Å². The Morgan fingerprint density at radius 1 is 1.20 bits per heavy atom. The van der Waals surface area contributed by atoms with E-state index >= 15 is 0 Å². The maximum atomic E-state index is 13.9. The van der Waals surface area contributed by atoms with E-state index in [9.17, 15) is 4.39 Å². The molecule has 0 radical (unpaired) electrons. The SMILES string of the molecule is CNCC(Cc1ccc(Cl)cc1F)c1ccc(Br)cc1. The summed E-state index contributed by atoms with van der Waals surface area (Å²) in [6.45, 7) is 0.795. The highest BCUT2D eigenvalue weighted by atomic mass is 79.9. The smallest absolute Gasteiger partial charge is 0.127 e. The number of halogens is 3. The Morgan fingerprint density at radius 2 is 1.90 bits per heavy atom. The fraction of sp³-hybridized carbons (Fsp3) is 0.250. The molecule has 4 heteroatoms. The highest BCUT2D eigenvalue weighted by Crippen LogP contribution is 2.25. The van der Waals surface area contributed by atoms with Crippen LogP contribution in [0.1, 0.15) is 17.0 Å². The van der Waals surface area contributed by atoms with Gasteiger partial charge in [0, 0.05) is 22.0 Å². The van der Waals surface area contributed by atoms with Crippen LogP contribution in [0.25, 0.3) is 0 Å². The zero-order valence-electron chi connectivity index (χ0n) is 11.2. The normalized spacial score (nSPS) is 12.4. The molecule has 0 aliphatic carbocycles. The second kappa shape index (κ2) is 7.21. The molecule has 0 heterocycles. The van der Waals surface area contributed by atoms with Crippen molar-refractivity contribution in [2.24, 2.45) is 0 Å². The summed E-state index contributed by atoms with van der Waals surface area (Å²) in [5.74, 6) is -0.0144. The third-order valence-corrected chi connectivity index (χ3v) is 4.04. The number of nitrogens with one attached hydrogen (secondary N) is 1. The third-order valence-electron chi connectivity index (χ3n) is 3.27. The van der Waals surface area contributed by atoms with Crippen LogP contribution in [0.3, 0.4) is 0 Å². The Balaban J connectivity index is 2.22. The van der Waals surface area contributed by atoms with Crippen molar-refractivity contribution in [1.29, 1.82) is 0 Å². The predicted molar refractivity (Wildman–Crippen MR) is 85.9 cm³/mol. The molecule has 0 aromatic heterocycles. The molecule has 2 aromatic carbocycles. The van der Waals surface area contributed by atoms with Gasteiger partial charge in [0.25, 0.3) is 0 Å². The van der Waals surface area contributed by atoms with E-state index in [1.807, 2.05) is 19.2 Å². The number of benzene rings is 2. The molecule has 1 nitrogen and oxygen atoms in total. The van der Waals surface area contributed by atoms with Crippen LogP contribution in [-0.4, -0.2) is 13.6 Å². The Labute approximate surface area is 132 Å². The van der Waals surface area contributed by atoms with Gasteiger partial charge in [0.2, 0.25) is 0 Å². The highest BCUT2D eigenvalue weighted by Gasteiger charge is 2.14. The molecular formula is C16H16BrClFN. The maximum Gasteiger partial charge on any atom is 0.127 e. The molecular weight excluding hydrogens is 341 g/mol. The average Bonchev–Trinajstić information content (AvgIpc) is 2.42. The summed E-state index contributed by atoms with van der Waals surface area (Å²) in [4.78, 5) is 0. The van der Waals surface area contributed by atoms with E-state index in [1.54, 1.807) is 12.1 Å². The van der Waals surface area contributed by atoms with Gasteiger partial charge in [-0.2, -0.15) is 0 Å². The van der Waals surface area contributed by atoms with Crippen LogP contribution in [0.15, 0.2) is 46.9 Å². The zero-order valence-corrected chi connectivity index (χ0v) is 13.5. The van der Waals surface area contributed by atoms with Gasteiger partial charge < -0.3 is 5.32 Å². The molecule has 1 N–H and O–H groups in total. The first kappa shape index (κ1) is 15.5. The Kier molecular flexibility index (Phi) is 5.58. The zero-order chi connectivity index (χ0) is 14.5. The van der Waals surface area contributed by atoms with Crippen molar-refractivity contribution in [2.75, 3.05) is 13.6 Å². The summed E-state index contributed by atoms with van der Waals surface area (Å²) in [5.41, 5.74) is 1.88. The van der Waals surface area contributed by atoms with Gasteiger partial charge in [-0.3, -0.25) is 0 Å². The van der Waals surface area contributed by atoms with E-state index < -0.39 is 0 Å². The van der Waals surface area contributed by atoms with Crippen LogP contribution in [0, 0.1) is 5.82 Å². The van der Waals surface area contributed by atoms with Crippen molar-refractivity contribution >= 4 is 27.5 Å². The van der Waals surface area contributed by atoms with Gasteiger partial charge in [-0.05, 0) is 48.9 Å². The molecule has 0 aliphatic heterocycles. The molecule has 106 valence electrons. The first-order valence-electron chi connectivity index (χ1n) is 6.44. The second-order valence-electron chi connectivity index (χ2n) is 4.75. The van der Waals surface area contributed by atoms with E-state index in [-0.39, 0.29) is 11.7 Å². The van der Waals surface area contributed by atoms with E-state index in [2.05, 4.69) is 33.4 Å². The largest absolute Gasteiger partial charge is 0.319 e. The molecule has 0 saturated carbocycles. The van der Waals surface area contributed by atoms with Crippen LogP contribution in [-0.2, 0) is 6.42 Å². The number of likely N-dealkylation sites (N-methyl/N-ethyl adjacent to an activating group) is 1. The van der Waals surface area contributed by atoms with Crippen molar-refractivity contribution in [3.05, 3.63) is 68.9 Å². The fourth-order valence-electron chi connectivity index (χ4n) is 2.24. The van der Waals surface area contributed by atoms with E-state index in [0.29, 0.717) is 17.0 Å². The molecule has 0 spiro atoms. The maximum absolute atomic E-state index is 13.9. The van der Waals surface area contributed by atoms with Crippen molar-refractivity contribution in [3.8, 4) is 0 Å². The topological polar surface area (TPSA) is 12.0 Å². The van der Waals surface area contributed by atoms with Crippen molar-refractivity contribution in [3.63, 3.8) is 0 Å². The van der Waals surface area contributed by atoms with Gasteiger partial charge in [0.15, 0.2) is 0 Å². The standard InChI is InChI=1S/C16H16BrClFN/c1-20-10-13(11-2-5-14(17)6-3-11)8-12-4-7-15(18)9-16(12)19/h2-7,9,13,20H,8,10H2,1H3. The monoisotopic (exact) mass is 355 g/mol. The number of hydrogen-bond donors (Lipinski definition) is 1. The Morgan fingerprint density at radius 3 is 2.50 bits per heavy atom. The first-order valence-corrected chi connectivity index (χ1v) is 7.61. The Hall–Kier alpha value is -0.900. The lowest BCUT2D eigenvalue weighted by atomic mass is 9.91. The van der Waals surface area contributed by atoms with Crippen molar-refractivity contribution in [1.82, 2.24) is 5.32 Å². The van der Waals surface area contributed by atoms with Gasteiger partial charge in [-0.15, -0.1) is 0 Å². The predicted octanol–water partition coefficient (Wildman–Crippen LogP) is 4.79. The molecule has 0 amide bonds. The fourth-order valence-corrected chi connectivity index (χ4v) is 2.67. The minimum atomic E-state index is -0.240. The summed E-state index contributed by atoms with van der Waals surface area (Å²) < 4.78 is 15.0. The summed E-state index contributed by atoms with van der Waals surface area (Å²) in [6.07, 6.45) is 0.644. The molecule has 0 saturated heterocycles. The molecule has 0 bridgehead atoms. The minimum Gasteiger partial charge on any atom is -0.319 e. The van der Waals surface area contributed by atoms with Gasteiger partial charge in [-0.25, -0.2) is 4.39 Å². The van der Waals surface area contributed by atoms with Crippen molar-refractivity contribution in [2.45, 2.75) is 12.3 Å². The van der Waals surface area contributed by atoms with E-state index in [0.717, 1.165) is 11.0 Å². The number of hydrogen-bond acceptors (Lipinski definition) is 1. The molecule has 0 aliphatic rings. The lowest BCUT2D eigenvalue weighted by Crippen LogP contribution is -2.19. The summed E-state index contributed by atoms with van der Waals surface area (Å²) in [5, 5.41) is 3.60. The quantitative estimate of drug-likeness (QED) is 0.812. The molecule has 1 unspecified atom stereocenters. The van der Waals surface area contributed by atoms with Crippen LogP contribution in [0.2, 0.25) is 5.02 Å². The van der Waals surface area contributed by atoms with Crippen molar-refractivity contribution < 1.29 is 4.39 Å². The van der Waals surface area contributed by atoms with Crippen LogP contribution in [0.5, 0.6) is 0 Å². The van der Waals surface area contributed by atoms with E-state index in [4.69, 9.17) is 11.6 Å². The van der Waals surface area contributed by atoms with Crippen LogP contribution < -0.4 is 5.32 Å². The summed E-state index contributed by atoms with van der Waals surface area (Å²) >= 11 is 9.22. The molecule has 2 rings (SSSR count). The second-order valence-corrected chi connectivity index (χ2v) is 6.10. The highest BCUT2D eigenvalue weighted by molar-refractivity contribution is 9.10. The average molecular weight is 357 g/mol. The summed E-state index contributed by atoms with van der Waals surface area (Å²) in [7, 11) is 1.91. The third kappa shape index (κ3) is 4.05. The minimum absolute atomic E-state index is 0.226. The van der Waals surface area contributed by atoms with Crippen LogP contribution >= 0.6 is 27.5 Å². The summed E-state index contributed by atoms with van der Waals surface area (Å²) in [6, 6.07) is 13.0. The molecule has 2 aromatic rings. The van der Waals surface area contributed by atoms with Gasteiger partial charge in [0.1, 0.15) is 5.82 Å². The molecule has 1 atom stereocenters. The number of rotatable bonds is 5. The van der Waals surface area contributed by atoms with Crippen LogP contribution in [0.4, 0.5) is 4.39 Å². The lowest BCUT2D eigenvalue weighted by Gasteiger charge is -2.18. The lowest BCUT2D eigenvalue weighted by molar-refractivity contribution is 0.574.